The van der Waals surface area contributed by atoms with E-state index in [0.717, 1.165) is 25.2 Å². The van der Waals surface area contributed by atoms with Crippen LogP contribution in [0.15, 0.2) is 24.3 Å². The Bertz CT molecular complexity index is 672. The van der Waals surface area contributed by atoms with E-state index in [9.17, 15) is 9.59 Å². The SMILES string of the molecule is C[C@]12CCC(=O)N1[C@@H](C(=O)Nc1ccc(N3CCCCC3)cc1)CS2. The van der Waals surface area contributed by atoms with E-state index in [0.29, 0.717) is 12.2 Å². The molecule has 6 heteroatoms. The number of piperidine rings is 1. The molecule has 0 unspecified atom stereocenters. The van der Waals surface area contributed by atoms with E-state index >= 15 is 0 Å². The first kappa shape index (κ1) is 16.8. The Labute approximate surface area is 153 Å². The van der Waals surface area contributed by atoms with Gasteiger partial charge in [0, 0.05) is 36.6 Å². The molecule has 3 aliphatic heterocycles. The molecule has 0 aliphatic carbocycles. The van der Waals surface area contributed by atoms with E-state index in [4.69, 9.17) is 0 Å². The molecule has 1 N–H and O–H groups in total. The van der Waals surface area contributed by atoms with Crippen LogP contribution in [0.2, 0.25) is 0 Å². The predicted molar refractivity (Wildman–Crippen MR) is 102 cm³/mol. The summed E-state index contributed by atoms with van der Waals surface area (Å²) < 4.78 is 0. The van der Waals surface area contributed by atoms with Gasteiger partial charge in [0.05, 0.1) is 4.87 Å². The highest BCUT2D eigenvalue weighted by molar-refractivity contribution is 8.01. The molecule has 134 valence electrons. The predicted octanol–water partition coefficient (Wildman–Crippen LogP) is 3.07. The summed E-state index contributed by atoms with van der Waals surface area (Å²) in [6.45, 7) is 4.30. The lowest BCUT2D eigenvalue weighted by molar-refractivity contribution is -0.135. The minimum atomic E-state index is -0.355. The third kappa shape index (κ3) is 3.12. The Morgan fingerprint density at radius 2 is 1.92 bits per heavy atom. The number of anilines is 2. The van der Waals surface area contributed by atoms with Gasteiger partial charge >= 0.3 is 0 Å². The molecule has 3 fully saturated rings. The fraction of sp³-hybridized carbons (Fsp3) is 0.579. The first-order valence-corrected chi connectivity index (χ1v) is 10.2. The van der Waals surface area contributed by atoms with Gasteiger partial charge in [0.1, 0.15) is 6.04 Å². The summed E-state index contributed by atoms with van der Waals surface area (Å²) in [6.07, 6.45) is 5.21. The fourth-order valence-corrected chi connectivity index (χ4v) is 5.58. The van der Waals surface area contributed by atoms with E-state index in [1.165, 1.54) is 24.9 Å². The van der Waals surface area contributed by atoms with Gasteiger partial charge in [0.15, 0.2) is 0 Å². The van der Waals surface area contributed by atoms with Crippen LogP contribution in [0.1, 0.15) is 39.0 Å². The topological polar surface area (TPSA) is 52.7 Å². The van der Waals surface area contributed by atoms with E-state index < -0.39 is 0 Å². The summed E-state index contributed by atoms with van der Waals surface area (Å²) in [4.78, 5) is 28.9. The van der Waals surface area contributed by atoms with Gasteiger partial charge in [-0.25, -0.2) is 0 Å². The molecule has 1 aromatic carbocycles. The lowest BCUT2D eigenvalue weighted by Crippen LogP contribution is -2.48. The molecule has 2 amide bonds. The van der Waals surface area contributed by atoms with Gasteiger partial charge in [-0.2, -0.15) is 0 Å². The van der Waals surface area contributed by atoms with Crippen LogP contribution in [0.5, 0.6) is 0 Å². The van der Waals surface area contributed by atoms with Gasteiger partial charge in [0.25, 0.3) is 0 Å². The van der Waals surface area contributed by atoms with Crippen molar-refractivity contribution in [1.82, 2.24) is 4.90 Å². The smallest absolute Gasteiger partial charge is 0.248 e. The van der Waals surface area contributed by atoms with Crippen molar-refractivity contribution >= 4 is 35.0 Å². The number of hydrogen-bond acceptors (Lipinski definition) is 4. The van der Waals surface area contributed by atoms with Crippen molar-refractivity contribution < 1.29 is 9.59 Å². The molecule has 3 saturated heterocycles. The minimum Gasteiger partial charge on any atom is -0.372 e. The number of nitrogens with one attached hydrogen (secondary N) is 1. The van der Waals surface area contributed by atoms with E-state index in [-0.39, 0.29) is 22.7 Å². The second-order valence-electron chi connectivity index (χ2n) is 7.35. The van der Waals surface area contributed by atoms with Crippen molar-refractivity contribution in [2.24, 2.45) is 0 Å². The molecule has 0 radical (unpaired) electrons. The average Bonchev–Trinajstić information content (AvgIpc) is 3.13. The van der Waals surface area contributed by atoms with Gasteiger partial charge in [-0.05, 0) is 56.9 Å². The quantitative estimate of drug-likeness (QED) is 0.901. The fourth-order valence-electron chi connectivity index (χ4n) is 4.15. The van der Waals surface area contributed by atoms with Crippen LogP contribution in [0.4, 0.5) is 11.4 Å². The number of fused-ring (bicyclic) bond motifs is 1. The zero-order chi connectivity index (χ0) is 17.4. The number of carbonyl (C=O) groups is 2. The third-order valence-electron chi connectivity index (χ3n) is 5.60. The maximum absolute atomic E-state index is 12.7. The number of benzene rings is 1. The lowest BCUT2D eigenvalue weighted by Gasteiger charge is -2.30. The Morgan fingerprint density at radius 3 is 2.64 bits per heavy atom. The van der Waals surface area contributed by atoms with Crippen LogP contribution in [-0.4, -0.2) is 46.5 Å². The highest BCUT2D eigenvalue weighted by Crippen LogP contribution is 2.47. The van der Waals surface area contributed by atoms with Gasteiger partial charge in [0.2, 0.25) is 11.8 Å². The Morgan fingerprint density at radius 1 is 1.20 bits per heavy atom. The highest BCUT2D eigenvalue weighted by Gasteiger charge is 2.52. The van der Waals surface area contributed by atoms with Crippen molar-refractivity contribution in [3.8, 4) is 0 Å². The molecule has 2 atom stereocenters. The zero-order valence-electron chi connectivity index (χ0n) is 14.7. The van der Waals surface area contributed by atoms with Crippen LogP contribution >= 0.6 is 11.8 Å². The molecule has 1 aromatic rings. The van der Waals surface area contributed by atoms with Crippen molar-refractivity contribution in [2.75, 3.05) is 29.1 Å². The normalized spacial score (nSPS) is 29.0. The molecule has 3 aliphatic rings. The largest absolute Gasteiger partial charge is 0.372 e. The summed E-state index contributed by atoms with van der Waals surface area (Å²) in [6, 6.07) is 7.74. The summed E-state index contributed by atoms with van der Waals surface area (Å²) in [5, 5.41) is 3.00. The van der Waals surface area contributed by atoms with Crippen LogP contribution < -0.4 is 10.2 Å². The van der Waals surface area contributed by atoms with Gasteiger partial charge in [-0.1, -0.05) is 0 Å². The van der Waals surface area contributed by atoms with Crippen LogP contribution in [0, 0.1) is 0 Å². The number of nitrogens with zero attached hydrogens (tertiary/aromatic N) is 2. The van der Waals surface area contributed by atoms with Gasteiger partial charge in [-0.15, -0.1) is 11.8 Å². The van der Waals surface area contributed by atoms with E-state index in [2.05, 4.69) is 29.3 Å². The second-order valence-corrected chi connectivity index (χ2v) is 8.85. The molecular formula is C19H25N3O2S. The lowest BCUT2D eigenvalue weighted by atomic mass is 10.1. The van der Waals surface area contributed by atoms with Gasteiger partial charge < -0.3 is 15.1 Å². The molecular weight excluding hydrogens is 334 g/mol. The summed E-state index contributed by atoms with van der Waals surface area (Å²) in [5.74, 6) is 0.713. The molecule has 0 aromatic heterocycles. The molecule has 0 bridgehead atoms. The second kappa shape index (κ2) is 6.56. The Balaban J connectivity index is 1.42. The van der Waals surface area contributed by atoms with Crippen molar-refractivity contribution in [1.29, 1.82) is 0 Å². The summed E-state index contributed by atoms with van der Waals surface area (Å²) >= 11 is 1.72. The maximum atomic E-state index is 12.7. The van der Waals surface area contributed by atoms with E-state index in [1.54, 1.807) is 16.7 Å². The maximum Gasteiger partial charge on any atom is 0.248 e. The van der Waals surface area contributed by atoms with Crippen molar-refractivity contribution in [3.63, 3.8) is 0 Å². The Kier molecular flexibility index (Phi) is 4.40. The number of rotatable bonds is 3. The van der Waals surface area contributed by atoms with Crippen molar-refractivity contribution in [3.05, 3.63) is 24.3 Å². The minimum absolute atomic E-state index is 0.0720. The summed E-state index contributed by atoms with van der Waals surface area (Å²) in [7, 11) is 0. The number of hydrogen-bond donors (Lipinski definition) is 1. The number of thioether (sulfide) groups is 1. The first-order valence-electron chi connectivity index (χ1n) is 9.19. The molecule has 25 heavy (non-hydrogen) atoms. The zero-order valence-corrected chi connectivity index (χ0v) is 15.5. The number of amides is 2. The monoisotopic (exact) mass is 359 g/mol. The van der Waals surface area contributed by atoms with Gasteiger partial charge in [-0.3, -0.25) is 9.59 Å². The molecule has 5 nitrogen and oxygen atoms in total. The standard InChI is InChI=1S/C19H25N3O2S/c1-19-10-9-17(23)22(19)16(13-25-19)18(24)20-14-5-7-15(8-6-14)21-11-3-2-4-12-21/h5-8,16H,2-4,9-13H2,1H3,(H,20,24)/t16-,19+/m1/s1. The molecule has 0 saturated carbocycles. The molecule has 0 spiro atoms. The van der Waals surface area contributed by atoms with Crippen LogP contribution in [0.25, 0.3) is 0 Å². The highest BCUT2D eigenvalue weighted by atomic mass is 32.2. The van der Waals surface area contributed by atoms with Crippen LogP contribution in [-0.2, 0) is 9.59 Å². The van der Waals surface area contributed by atoms with E-state index in [1.807, 2.05) is 12.1 Å². The first-order chi connectivity index (χ1) is 12.1. The number of carbonyl (C=O) groups excluding carboxylic acids is 2. The summed E-state index contributed by atoms with van der Waals surface area (Å²) in [5.41, 5.74) is 2.02. The average molecular weight is 359 g/mol. The third-order valence-corrected chi connectivity index (χ3v) is 7.11. The Hall–Kier alpha value is -1.69. The molecule has 3 heterocycles. The van der Waals surface area contributed by atoms with Crippen LogP contribution in [0.3, 0.4) is 0 Å². The molecule has 4 rings (SSSR count). The van der Waals surface area contributed by atoms with Crippen molar-refractivity contribution in [2.45, 2.75) is 49.9 Å².